The summed E-state index contributed by atoms with van der Waals surface area (Å²) >= 11 is 0. The number of anilines is 1. The third-order valence-electron chi connectivity index (χ3n) is 3.13. The first-order chi connectivity index (χ1) is 10.1. The Kier molecular flexibility index (Phi) is 4.86. The highest BCUT2D eigenvalue weighted by atomic mass is 16.6. The summed E-state index contributed by atoms with van der Waals surface area (Å²) in [5.41, 5.74) is 0.533. The molecule has 2 rings (SSSR count). The van der Waals surface area contributed by atoms with Gasteiger partial charge in [0.25, 0.3) is 0 Å². The fourth-order valence-electron chi connectivity index (χ4n) is 1.99. The van der Waals surface area contributed by atoms with Crippen molar-refractivity contribution in [1.29, 1.82) is 0 Å². The van der Waals surface area contributed by atoms with Gasteiger partial charge in [-0.15, -0.1) is 0 Å². The van der Waals surface area contributed by atoms with Crippen LogP contribution in [0.15, 0.2) is 18.2 Å². The fraction of sp³-hybridized carbons (Fsp3) is 0.429. The molecule has 0 radical (unpaired) electrons. The molecular weight excluding hydrogens is 276 g/mol. The molecule has 1 aliphatic rings. The topological polar surface area (TPSA) is 77.1 Å². The second-order valence-corrected chi connectivity index (χ2v) is 4.47. The molecule has 0 spiro atoms. The lowest BCUT2D eigenvalue weighted by Crippen LogP contribution is -2.28. The fourth-order valence-corrected chi connectivity index (χ4v) is 1.99. The van der Waals surface area contributed by atoms with Gasteiger partial charge in [0.2, 0.25) is 5.91 Å². The van der Waals surface area contributed by atoms with Crippen molar-refractivity contribution in [1.82, 2.24) is 4.90 Å². The Balaban J connectivity index is 1.93. The lowest BCUT2D eigenvalue weighted by Gasteiger charge is -2.14. The van der Waals surface area contributed by atoms with Crippen molar-refractivity contribution in [2.24, 2.45) is 0 Å². The second-order valence-electron chi connectivity index (χ2n) is 4.47. The SMILES string of the molecule is COc1ccc(OC)c(NC(=O)CCN2CCOC2=O)c1. The molecule has 1 aliphatic heterocycles. The van der Waals surface area contributed by atoms with Crippen LogP contribution in [0.5, 0.6) is 11.5 Å². The predicted octanol–water partition coefficient (Wildman–Crippen LogP) is 1.48. The average Bonchev–Trinajstić information content (AvgIpc) is 2.90. The molecule has 0 aromatic heterocycles. The Morgan fingerprint density at radius 2 is 2.19 bits per heavy atom. The molecular formula is C14H18N2O5. The Morgan fingerprint density at radius 1 is 1.38 bits per heavy atom. The van der Waals surface area contributed by atoms with Gasteiger partial charge in [-0.25, -0.2) is 4.79 Å². The maximum atomic E-state index is 12.0. The van der Waals surface area contributed by atoms with Crippen LogP contribution in [-0.4, -0.2) is 50.8 Å². The van der Waals surface area contributed by atoms with E-state index < -0.39 is 0 Å². The summed E-state index contributed by atoms with van der Waals surface area (Å²) in [6.45, 7) is 1.23. The summed E-state index contributed by atoms with van der Waals surface area (Å²) in [5.74, 6) is 0.959. The lowest BCUT2D eigenvalue weighted by molar-refractivity contribution is -0.116. The normalized spacial score (nSPS) is 13.8. The quantitative estimate of drug-likeness (QED) is 0.860. The number of benzene rings is 1. The van der Waals surface area contributed by atoms with Gasteiger partial charge in [0, 0.05) is 19.0 Å². The highest BCUT2D eigenvalue weighted by molar-refractivity contribution is 5.92. The molecule has 0 bridgehead atoms. The number of hydrogen-bond donors (Lipinski definition) is 1. The average molecular weight is 294 g/mol. The van der Waals surface area contributed by atoms with Gasteiger partial charge in [-0.1, -0.05) is 0 Å². The molecule has 1 fully saturated rings. The number of carbonyl (C=O) groups is 2. The van der Waals surface area contributed by atoms with Crippen molar-refractivity contribution in [2.75, 3.05) is 39.2 Å². The summed E-state index contributed by atoms with van der Waals surface area (Å²) < 4.78 is 15.1. The molecule has 0 unspecified atom stereocenters. The van der Waals surface area contributed by atoms with Gasteiger partial charge in [0.15, 0.2) is 0 Å². The van der Waals surface area contributed by atoms with Crippen molar-refractivity contribution < 1.29 is 23.8 Å². The number of nitrogens with one attached hydrogen (secondary N) is 1. The van der Waals surface area contributed by atoms with Gasteiger partial charge in [-0.3, -0.25) is 4.79 Å². The molecule has 0 saturated carbocycles. The molecule has 1 aromatic carbocycles. The van der Waals surface area contributed by atoms with Gasteiger partial charge in [0.1, 0.15) is 18.1 Å². The van der Waals surface area contributed by atoms with Crippen LogP contribution in [0.3, 0.4) is 0 Å². The van der Waals surface area contributed by atoms with Crippen molar-refractivity contribution in [3.8, 4) is 11.5 Å². The van der Waals surface area contributed by atoms with E-state index >= 15 is 0 Å². The third-order valence-corrected chi connectivity index (χ3v) is 3.13. The zero-order valence-corrected chi connectivity index (χ0v) is 12.0. The highest BCUT2D eigenvalue weighted by Crippen LogP contribution is 2.28. The number of amides is 2. The van der Waals surface area contributed by atoms with Gasteiger partial charge >= 0.3 is 6.09 Å². The molecule has 1 aromatic rings. The van der Waals surface area contributed by atoms with Crippen LogP contribution in [-0.2, 0) is 9.53 Å². The highest BCUT2D eigenvalue weighted by Gasteiger charge is 2.22. The Morgan fingerprint density at radius 3 is 2.81 bits per heavy atom. The summed E-state index contributed by atoms with van der Waals surface area (Å²) in [6, 6.07) is 5.14. The minimum absolute atomic E-state index is 0.190. The maximum Gasteiger partial charge on any atom is 0.409 e. The van der Waals surface area contributed by atoms with E-state index in [2.05, 4.69) is 5.32 Å². The Bertz CT molecular complexity index is 532. The van der Waals surface area contributed by atoms with Crippen LogP contribution in [0.4, 0.5) is 10.5 Å². The van der Waals surface area contributed by atoms with Crippen molar-refractivity contribution in [3.63, 3.8) is 0 Å². The molecule has 2 amide bonds. The number of hydrogen-bond acceptors (Lipinski definition) is 5. The van der Waals surface area contributed by atoms with E-state index in [9.17, 15) is 9.59 Å². The minimum atomic E-state index is -0.373. The van der Waals surface area contributed by atoms with Crippen LogP contribution in [0, 0.1) is 0 Å². The number of cyclic esters (lactones) is 1. The number of ether oxygens (including phenoxy) is 3. The summed E-state index contributed by atoms with van der Waals surface area (Å²) in [6.07, 6.45) is -0.183. The summed E-state index contributed by atoms with van der Waals surface area (Å²) in [7, 11) is 3.07. The Hall–Kier alpha value is -2.44. The second kappa shape index (κ2) is 6.83. The van der Waals surface area contributed by atoms with Crippen molar-refractivity contribution in [3.05, 3.63) is 18.2 Å². The predicted molar refractivity (Wildman–Crippen MR) is 75.7 cm³/mol. The lowest BCUT2D eigenvalue weighted by atomic mass is 10.2. The van der Waals surface area contributed by atoms with Gasteiger partial charge in [-0.05, 0) is 12.1 Å². The van der Waals surface area contributed by atoms with Crippen molar-refractivity contribution >= 4 is 17.7 Å². The first-order valence-electron chi connectivity index (χ1n) is 6.57. The molecule has 0 atom stereocenters. The summed E-state index contributed by atoms with van der Waals surface area (Å²) in [5, 5.41) is 2.75. The van der Waals surface area contributed by atoms with Gasteiger partial charge in [0.05, 0.1) is 26.5 Å². The van der Waals surface area contributed by atoms with E-state index in [-0.39, 0.29) is 18.4 Å². The standard InChI is InChI=1S/C14H18N2O5/c1-19-10-3-4-12(20-2)11(9-10)15-13(17)5-6-16-7-8-21-14(16)18/h3-4,9H,5-8H2,1-2H3,(H,15,17). The van der Waals surface area contributed by atoms with Crippen LogP contribution in [0.2, 0.25) is 0 Å². The molecule has 1 saturated heterocycles. The van der Waals surface area contributed by atoms with E-state index in [1.165, 1.54) is 12.0 Å². The van der Waals surface area contributed by atoms with E-state index in [4.69, 9.17) is 14.2 Å². The smallest absolute Gasteiger partial charge is 0.409 e. The monoisotopic (exact) mass is 294 g/mol. The number of carbonyl (C=O) groups excluding carboxylic acids is 2. The van der Waals surface area contributed by atoms with Crippen molar-refractivity contribution in [2.45, 2.75) is 6.42 Å². The Labute approximate surface area is 122 Å². The molecule has 0 aliphatic carbocycles. The van der Waals surface area contributed by atoms with E-state index in [1.54, 1.807) is 25.3 Å². The number of rotatable bonds is 6. The van der Waals surface area contributed by atoms with Gasteiger partial charge < -0.3 is 24.4 Å². The zero-order chi connectivity index (χ0) is 15.2. The molecule has 114 valence electrons. The van der Waals surface area contributed by atoms with E-state index in [0.717, 1.165) is 0 Å². The van der Waals surface area contributed by atoms with Gasteiger partial charge in [-0.2, -0.15) is 0 Å². The van der Waals surface area contributed by atoms with Crippen LogP contribution in [0.1, 0.15) is 6.42 Å². The molecule has 21 heavy (non-hydrogen) atoms. The largest absolute Gasteiger partial charge is 0.497 e. The molecule has 1 heterocycles. The summed E-state index contributed by atoms with van der Waals surface area (Å²) in [4.78, 5) is 24.7. The van der Waals surface area contributed by atoms with Crippen LogP contribution >= 0.6 is 0 Å². The first kappa shape index (κ1) is 15.0. The number of nitrogens with zero attached hydrogens (tertiary/aromatic N) is 1. The number of methoxy groups -OCH3 is 2. The minimum Gasteiger partial charge on any atom is -0.497 e. The molecule has 7 heteroatoms. The molecule has 1 N–H and O–H groups in total. The zero-order valence-electron chi connectivity index (χ0n) is 12.0. The van der Waals surface area contributed by atoms with Crippen LogP contribution < -0.4 is 14.8 Å². The van der Waals surface area contributed by atoms with Crippen LogP contribution in [0.25, 0.3) is 0 Å². The first-order valence-corrected chi connectivity index (χ1v) is 6.57. The van der Waals surface area contributed by atoms with E-state index in [1.807, 2.05) is 0 Å². The van der Waals surface area contributed by atoms with E-state index in [0.29, 0.717) is 36.9 Å². The third kappa shape index (κ3) is 3.77. The maximum absolute atomic E-state index is 12.0. The molecule has 7 nitrogen and oxygen atoms in total.